The molecule has 2 rings (SSSR count). The fourth-order valence-corrected chi connectivity index (χ4v) is 2.19. The van der Waals surface area contributed by atoms with E-state index >= 15 is 0 Å². The summed E-state index contributed by atoms with van der Waals surface area (Å²) in [6, 6.07) is 6.78. The van der Waals surface area contributed by atoms with Crippen LogP contribution in [-0.4, -0.2) is 27.4 Å². The number of fused-ring (bicyclic) bond motifs is 1. The Balaban J connectivity index is 2.28. The Morgan fingerprint density at radius 2 is 2.27 bits per heavy atom. The quantitative estimate of drug-likeness (QED) is 0.785. The van der Waals surface area contributed by atoms with Crippen molar-refractivity contribution in [1.29, 1.82) is 0 Å². The second-order valence-corrected chi connectivity index (χ2v) is 3.90. The van der Waals surface area contributed by atoms with Gasteiger partial charge in [-0.3, -0.25) is 0 Å². The van der Waals surface area contributed by atoms with Crippen LogP contribution < -0.4 is 10.1 Å². The zero-order valence-corrected chi connectivity index (χ0v) is 9.32. The van der Waals surface area contributed by atoms with E-state index < -0.39 is 0 Å². The van der Waals surface area contributed by atoms with Gasteiger partial charge in [-0.1, -0.05) is 0 Å². The van der Waals surface area contributed by atoms with Crippen molar-refractivity contribution in [3.63, 3.8) is 0 Å². The van der Waals surface area contributed by atoms with Crippen molar-refractivity contribution in [1.82, 2.24) is 0 Å². The maximum atomic E-state index is 5.23. The highest BCUT2D eigenvalue weighted by molar-refractivity contribution is 5.37. The third kappa shape index (κ3) is 2.13. The maximum Gasteiger partial charge on any atom is 0.135 e. The molecule has 0 fully saturated rings. The van der Waals surface area contributed by atoms with E-state index in [0.717, 1.165) is 25.3 Å². The molecule has 1 aliphatic rings. The van der Waals surface area contributed by atoms with E-state index in [1.807, 2.05) is 6.07 Å². The predicted octanol–water partition coefficient (Wildman–Crippen LogP) is 0.502. The van der Waals surface area contributed by atoms with Gasteiger partial charge in [0.15, 0.2) is 0 Å². The van der Waals surface area contributed by atoms with Crippen LogP contribution in [0.25, 0.3) is 0 Å². The first-order valence-corrected chi connectivity index (χ1v) is 5.34. The van der Waals surface area contributed by atoms with Crippen LogP contribution in [0.5, 0.6) is 5.75 Å². The molecule has 15 heavy (non-hydrogen) atoms. The molecular formula is C12H18NO2+. The molecule has 1 atom stereocenters. The van der Waals surface area contributed by atoms with Gasteiger partial charge in [0.2, 0.25) is 0 Å². The Hall–Kier alpha value is -1.06. The van der Waals surface area contributed by atoms with Gasteiger partial charge >= 0.3 is 0 Å². The SMILES string of the molecule is COCC1[NH2+]CCc2cc(OC)ccc21. The van der Waals surface area contributed by atoms with Gasteiger partial charge in [-0.15, -0.1) is 0 Å². The van der Waals surface area contributed by atoms with Gasteiger partial charge in [-0.05, 0) is 23.8 Å². The van der Waals surface area contributed by atoms with Gasteiger partial charge in [0.05, 0.1) is 13.7 Å². The van der Waals surface area contributed by atoms with Gasteiger partial charge < -0.3 is 14.8 Å². The minimum Gasteiger partial charge on any atom is -0.497 e. The third-order valence-corrected chi connectivity index (χ3v) is 2.96. The van der Waals surface area contributed by atoms with E-state index in [4.69, 9.17) is 9.47 Å². The van der Waals surface area contributed by atoms with Crippen LogP contribution in [0.2, 0.25) is 0 Å². The molecule has 0 amide bonds. The maximum absolute atomic E-state index is 5.23. The van der Waals surface area contributed by atoms with Crippen LogP contribution in [0.1, 0.15) is 17.2 Å². The zero-order chi connectivity index (χ0) is 10.7. The van der Waals surface area contributed by atoms with Gasteiger partial charge in [0.25, 0.3) is 0 Å². The van der Waals surface area contributed by atoms with Crippen LogP contribution in [0.15, 0.2) is 18.2 Å². The molecule has 0 aliphatic carbocycles. The topological polar surface area (TPSA) is 35.1 Å². The predicted molar refractivity (Wildman–Crippen MR) is 58.1 cm³/mol. The summed E-state index contributed by atoms with van der Waals surface area (Å²) < 4.78 is 10.5. The smallest absolute Gasteiger partial charge is 0.135 e. The van der Waals surface area contributed by atoms with Crippen molar-refractivity contribution in [2.75, 3.05) is 27.4 Å². The van der Waals surface area contributed by atoms with E-state index in [0.29, 0.717) is 6.04 Å². The van der Waals surface area contributed by atoms with Gasteiger partial charge in [-0.2, -0.15) is 0 Å². The van der Waals surface area contributed by atoms with Crippen molar-refractivity contribution < 1.29 is 14.8 Å². The molecule has 1 heterocycles. The van der Waals surface area contributed by atoms with Crippen molar-refractivity contribution >= 4 is 0 Å². The van der Waals surface area contributed by atoms with E-state index in [2.05, 4.69) is 17.4 Å². The fraction of sp³-hybridized carbons (Fsp3) is 0.500. The first-order chi connectivity index (χ1) is 7.35. The first kappa shape index (κ1) is 10.5. The van der Waals surface area contributed by atoms with Crippen molar-refractivity contribution in [2.24, 2.45) is 0 Å². The van der Waals surface area contributed by atoms with Crippen LogP contribution in [0, 0.1) is 0 Å². The second-order valence-electron chi connectivity index (χ2n) is 3.90. The Bertz CT molecular complexity index is 338. The molecule has 3 nitrogen and oxygen atoms in total. The molecule has 1 aromatic carbocycles. The normalized spacial score (nSPS) is 19.7. The lowest BCUT2D eigenvalue weighted by Gasteiger charge is -2.23. The van der Waals surface area contributed by atoms with Crippen LogP contribution in [-0.2, 0) is 11.2 Å². The van der Waals surface area contributed by atoms with Crippen molar-refractivity contribution in [2.45, 2.75) is 12.5 Å². The van der Waals surface area contributed by atoms with E-state index in [1.54, 1.807) is 14.2 Å². The summed E-state index contributed by atoms with van der Waals surface area (Å²) in [6.45, 7) is 1.91. The van der Waals surface area contributed by atoms with E-state index in [9.17, 15) is 0 Å². The largest absolute Gasteiger partial charge is 0.497 e. The van der Waals surface area contributed by atoms with Crippen LogP contribution >= 0.6 is 0 Å². The molecule has 1 aliphatic heterocycles. The van der Waals surface area contributed by atoms with Gasteiger partial charge in [0, 0.05) is 19.1 Å². The highest BCUT2D eigenvalue weighted by Gasteiger charge is 2.23. The first-order valence-electron chi connectivity index (χ1n) is 5.34. The third-order valence-electron chi connectivity index (χ3n) is 2.96. The number of hydrogen-bond donors (Lipinski definition) is 1. The Kier molecular flexibility index (Phi) is 3.23. The molecule has 0 saturated heterocycles. The number of hydrogen-bond acceptors (Lipinski definition) is 2. The van der Waals surface area contributed by atoms with Gasteiger partial charge in [-0.25, -0.2) is 0 Å². The average Bonchev–Trinajstić information content (AvgIpc) is 2.29. The minimum atomic E-state index is 0.449. The number of ether oxygens (including phenoxy) is 2. The number of quaternary nitrogens is 1. The number of benzene rings is 1. The molecule has 0 bridgehead atoms. The Morgan fingerprint density at radius 3 is 3.00 bits per heavy atom. The molecule has 1 unspecified atom stereocenters. The highest BCUT2D eigenvalue weighted by atomic mass is 16.5. The molecule has 3 heteroatoms. The lowest BCUT2D eigenvalue weighted by Crippen LogP contribution is -2.88. The zero-order valence-electron chi connectivity index (χ0n) is 9.32. The average molecular weight is 208 g/mol. The molecule has 0 spiro atoms. The van der Waals surface area contributed by atoms with E-state index in [-0.39, 0.29) is 0 Å². The second kappa shape index (κ2) is 4.64. The standard InChI is InChI=1S/C12H17NO2/c1-14-8-12-11-4-3-10(15-2)7-9(11)5-6-13-12/h3-4,7,12-13H,5-6,8H2,1-2H3/p+1. The summed E-state index contributed by atoms with van der Waals surface area (Å²) >= 11 is 0. The lowest BCUT2D eigenvalue weighted by molar-refractivity contribution is -0.700. The lowest BCUT2D eigenvalue weighted by atomic mass is 9.94. The van der Waals surface area contributed by atoms with Crippen molar-refractivity contribution in [3.05, 3.63) is 29.3 Å². The van der Waals surface area contributed by atoms with Gasteiger partial charge in [0.1, 0.15) is 18.4 Å². The molecule has 0 saturated carbocycles. The summed E-state index contributed by atoms with van der Waals surface area (Å²) in [5, 5.41) is 2.35. The summed E-state index contributed by atoms with van der Waals surface area (Å²) in [4.78, 5) is 0. The number of rotatable bonds is 3. The summed E-state index contributed by atoms with van der Waals surface area (Å²) in [5.74, 6) is 0.951. The number of nitrogens with two attached hydrogens (primary N) is 1. The Labute approximate surface area is 90.4 Å². The minimum absolute atomic E-state index is 0.449. The summed E-state index contributed by atoms with van der Waals surface area (Å²) in [6.07, 6.45) is 1.12. The van der Waals surface area contributed by atoms with Crippen molar-refractivity contribution in [3.8, 4) is 5.75 Å². The molecule has 0 radical (unpaired) electrons. The summed E-state index contributed by atoms with van der Waals surface area (Å²) in [7, 11) is 3.47. The monoisotopic (exact) mass is 208 g/mol. The fourth-order valence-electron chi connectivity index (χ4n) is 2.19. The number of methoxy groups -OCH3 is 2. The molecule has 82 valence electrons. The Morgan fingerprint density at radius 1 is 1.40 bits per heavy atom. The molecular weight excluding hydrogens is 190 g/mol. The van der Waals surface area contributed by atoms with E-state index in [1.165, 1.54) is 11.1 Å². The summed E-state index contributed by atoms with van der Waals surface area (Å²) in [5.41, 5.74) is 2.79. The molecule has 1 aromatic rings. The highest BCUT2D eigenvalue weighted by Crippen LogP contribution is 2.23. The van der Waals surface area contributed by atoms with Crippen LogP contribution in [0.3, 0.4) is 0 Å². The molecule has 0 aromatic heterocycles. The molecule has 2 N–H and O–H groups in total. The van der Waals surface area contributed by atoms with Crippen LogP contribution in [0.4, 0.5) is 0 Å².